The van der Waals surface area contributed by atoms with E-state index in [0.717, 1.165) is 29.9 Å². The van der Waals surface area contributed by atoms with Gasteiger partial charge in [0.2, 0.25) is 0 Å². The van der Waals surface area contributed by atoms with Crippen molar-refractivity contribution in [1.29, 1.82) is 0 Å². The average Bonchev–Trinajstić information content (AvgIpc) is 2.47. The molecule has 1 aromatic rings. The van der Waals surface area contributed by atoms with Crippen LogP contribution in [-0.4, -0.2) is 5.11 Å². The molecule has 0 amide bonds. The molecule has 0 bridgehead atoms. The van der Waals surface area contributed by atoms with Crippen molar-refractivity contribution in [2.24, 2.45) is 5.41 Å². The first-order valence-electron chi connectivity index (χ1n) is 5.75. The molecule has 1 atom stereocenters. The molecule has 86 valence electrons. The van der Waals surface area contributed by atoms with Crippen molar-refractivity contribution in [2.75, 3.05) is 0 Å². The van der Waals surface area contributed by atoms with Gasteiger partial charge >= 0.3 is 0 Å². The maximum atomic E-state index is 9.85. The zero-order valence-electron chi connectivity index (χ0n) is 10.4. The molecule has 1 unspecified atom stereocenters. The van der Waals surface area contributed by atoms with Crippen LogP contribution in [0.3, 0.4) is 0 Å². The number of hydrogen-bond acceptors (Lipinski definition) is 2. The summed E-state index contributed by atoms with van der Waals surface area (Å²) >= 11 is 0. The minimum absolute atomic E-state index is 0.163. The largest absolute Gasteiger partial charge is 0.466 e. The standard InChI is InChI=1S/C11H16O2.C2H6/c1-7-4-8-9(12)5-11(2,3)6-10(8)13-7;1-2/h4,9,12H,5-6H2,1-3H3;1-2H3. The van der Waals surface area contributed by atoms with Gasteiger partial charge in [-0.3, -0.25) is 0 Å². The van der Waals surface area contributed by atoms with E-state index in [-0.39, 0.29) is 11.5 Å². The fraction of sp³-hybridized carbons (Fsp3) is 0.692. The van der Waals surface area contributed by atoms with Crippen molar-refractivity contribution in [3.63, 3.8) is 0 Å². The van der Waals surface area contributed by atoms with E-state index in [1.54, 1.807) is 0 Å². The van der Waals surface area contributed by atoms with Gasteiger partial charge in [0.1, 0.15) is 11.5 Å². The summed E-state index contributed by atoms with van der Waals surface area (Å²) in [6.45, 7) is 10.3. The molecule has 2 heteroatoms. The van der Waals surface area contributed by atoms with Crippen LogP contribution in [0, 0.1) is 12.3 Å². The Labute approximate surface area is 92.3 Å². The Morgan fingerprint density at radius 2 is 2.00 bits per heavy atom. The van der Waals surface area contributed by atoms with Crippen LogP contribution in [0.25, 0.3) is 0 Å². The highest BCUT2D eigenvalue weighted by atomic mass is 16.3. The number of aliphatic hydroxyl groups excluding tert-OH is 1. The highest BCUT2D eigenvalue weighted by molar-refractivity contribution is 5.27. The van der Waals surface area contributed by atoms with Crippen molar-refractivity contribution in [1.82, 2.24) is 0 Å². The van der Waals surface area contributed by atoms with Gasteiger partial charge in [0, 0.05) is 12.0 Å². The quantitative estimate of drug-likeness (QED) is 0.709. The Kier molecular flexibility index (Phi) is 3.61. The van der Waals surface area contributed by atoms with Crippen molar-refractivity contribution in [2.45, 2.75) is 53.6 Å². The highest BCUT2D eigenvalue weighted by Gasteiger charge is 2.33. The summed E-state index contributed by atoms with van der Waals surface area (Å²) in [6.07, 6.45) is 1.43. The molecule has 1 N–H and O–H groups in total. The van der Waals surface area contributed by atoms with Crippen LogP contribution >= 0.6 is 0 Å². The van der Waals surface area contributed by atoms with Crippen LogP contribution in [0.15, 0.2) is 10.5 Å². The topological polar surface area (TPSA) is 33.4 Å². The molecule has 2 nitrogen and oxygen atoms in total. The van der Waals surface area contributed by atoms with Crippen molar-refractivity contribution in [3.8, 4) is 0 Å². The van der Waals surface area contributed by atoms with Crippen LogP contribution in [-0.2, 0) is 6.42 Å². The molecule has 0 aliphatic heterocycles. The van der Waals surface area contributed by atoms with E-state index in [2.05, 4.69) is 13.8 Å². The first kappa shape index (κ1) is 12.3. The highest BCUT2D eigenvalue weighted by Crippen LogP contribution is 2.41. The lowest BCUT2D eigenvalue weighted by atomic mass is 9.76. The Hall–Kier alpha value is -0.760. The maximum Gasteiger partial charge on any atom is 0.110 e. The summed E-state index contributed by atoms with van der Waals surface area (Å²) < 4.78 is 5.55. The number of aliphatic hydroxyl groups is 1. The van der Waals surface area contributed by atoms with Crippen LogP contribution in [0.4, 0.5) is 0 Å². The SMILES string of the molecule is CC.Cc1cc2c(o1)CC(C)(C)CC2O. The molecule has 2 rings (SSSR count). The van der Waals surface area contributed by atoms with E-state index in [1.165, 1.54) is 0 Å². The third-order valence-electron chi connectivity index (χ3n) is 2.71. The lowest BCUT2D eigenvalue weighted by Gasteiger charge is -2.31. The predicted molar refractivity (Wildman–Crippen MR) is 61.9 cm³/mol. The molecule has 1 aromatic heterocycles. The van der Waals surface area contributed by atoms with E-state index >= 15 is 0 Å². The summed E-state index contributed by atoms with van der Waals surface area (Å²) in [5.74, 6) is 1.88. The van der Waals surface area contributed by atoms with Crippen molar-refractivity contribution in [3.05, 3.63) is 23.2 Å². The zero-order chi connectivity index (χ0) is 11.6. The molecule has 1 aliphatic carbocycles. The molecular weight excluding hydrogens is 188 g/mol. The van der Waals surface area contributed by atoms with Gasteiger partial charge in [-0.15, -0.1) is 0 Å². The van der Waals surface area contributed by atoms with E-state index in [4.69, 9.17) is 4.42 Å². The molecule has 0 radical (unpaired) electrons. The van der Waals surface area contributed by atoms with Gasteiger partial charge in [-0.25, -0.2) is 0 Å². The van der Waals surface area contributed by atoms with Gasteiger partial charge < -0.3 is 9.52 Å². The van der Waals surface area contributed by atoms with E-state index in [1.807, 2.05) is 26.8 Å². The zero-order valence-corrected chi connectivity index (χ0v) is 10.4. The summed E-state index contributed by atoms with van der Waals surface area (Å²) in [6, 6.07) is 1.95. The van der Waals surface area contributed by atoms with Gasteiger partial charge in [0.15, 0.2) is 0 Å². The second-order valence-corrected chi connectivity index (χ2v) is 4.80. The van der Waals surface area contributed by atoms with E-state index in [0.29, 0.717) is 0 Å². The molecular formula is C13H22O2. The molecule has 0 spiro atoms. The maximum absolute atomic E-state index is 9.85. The number of furan rings is 1. The molecule has 15 heavy (non-hydrogen) atoms. The second kappa shape index (κ2) is 4.40. The van der Waals surface area contributed by atoms with Gasteiger partial charge in [0.25, 0.3) is 0 Å². The first-order valence-corrected chi connectivity index (χ1v) is 5.75. The number of fused-ring (bicyclic) bond motifs is 1. The van der Waals surface area contributed by atoms with Gasteiger partial charge in [0.05, 0.1) is 6.10 Å². The van der Waals surface area contributed by atoms with E-state index < -0.39 is 0 Å². The molecule has 1 aliphatic rings. The first-order chi connectivity index (χ1) is 6.98. The number of rotatable bonds is 0. The normalized spacial score (nSPS) is 22.7. The predicted octanol–water partition coefficient (Wildman–Crippen LogP) is 3.62. The fourth-order valence-electron chi connectivity index (χ4n) is 2.14. The van der Waals surface area contributed by atoms with Crippen molar-refractivity contribution >= 4 is 0 Å². The van der Waals surface area contributed by atoms with Gasteiger partial charge in [-0.1, -0.05) is 27.7 Å². The molecule has 0 aromatic carbocycles. The Morgan fingerprint density at radius 3 is 2.60 bits per heavy atom. The van der Waals surface area contributed by atoms with Crippen LogP contribution in [0.5, 0.6) is 0 Å². The summed E-state index contributed by atoms with van der Waals surface area (Å²) in [5.41, 5.74) is 1.16. The third kappa shape index (κ3) is 2.63. The summed E-state index contributed by atoms with van der Waals surface area (Å²) in [7, 11) is 0. The number of hydrogen-bond donors (Lipinski definition) is 1. The molecule has 0 fully saturated rings. The van der Waals surface area contributed by atoms with Crippen LogP contribution in [0.2, 0.25) is 0 Å². The molecule has 0 saturated carbocycles. The Bertz CT molecular complexity index is 323. The molecule has 0 saturated heterocycles. The second-order valence-electron chi connectivity index (χ2n) is 4.80. The summed E-state index contributed by atoms with van der Waals surface area (Å²) in [5, 5.41) is 9.85. The smallest absolute Gasteiger partial charge is 0.110 e. The molecule has 1 heterocycles. The third-order valence-corrected chi connectivity index (χ3v) is 2.71. The van der Waals surface area contributed by atoms with Gasteiger partial charge in [-0.05, 0) is 24.8 Å². The Balaban J connectivity index is 0.000000531. The minimum atomic E-state index is -0.337. The summed E-state index contributed by atoms with van der Waals surface area (Å²) in [4.78, 5) is 0. The van der Waals surface area contributed by atoms with Gasteiger partial charge in [-0.2, -0.15) is 0 Å². The fourth-order valence-corrected chi connectivity index (χ4v) is 2.14. The van der Waals surface area contributed by atoms with E-state index in [9.17, 15) is 5.11 Å². The lowest BCUT2D eigenvalue weighted by Crippen LogP contribution is -2.24. The van der Waals surface area contributed by atoms with Crippen molar-refractivity contribution < 1.29 is 9.52 Å². The average molecular weight is 210 g/mol. The minimum Gasteiger partial charge on any atom is -0.466 e. The monoisotopic (exact) mass is 210 g/mol. The van der Waals surface area contributed by atoms with Crippen LogP contribution in [0.1, 0.15) is 57.3 Å². The Morgan fingerprint density at radius 1 is 1.40 bits per heavy atom. The van der Waals surface area contributed by atoms with Crippen LogP contribution < -0.4 is 0 Å². The lowest BCUT2D eigenvalue weighted by molar-refractivity contribution is 0.0932. The number of aryl methyl sites for hydroxylation is 1.